The molecular weight excluding hydrogens is 636 g/mol. The highest BCUT2D eigenvalue weighted by molar-refractivity contribution is 5.97. The summed E-state index contributed by atoms with van der Waals surface area (Å²) in [6.07, 6.45) is 3.01. The predicted octanol–water partition coefficient (Wildman–Crippen LogP) is 5.39. The van der Waals surface area contributed by atoms with Gasteiger partial charge >= 0.3 is 17.8 Å². The number of fused-ring (bicyclic) bond motifs is 2. The lowest BCUT2D eigenvalue weighted by molar-refractivity contribution is -0.141. The number of amides is 1. The van der Waals surface area contributed by atoms with E-state index in [1.165, 1.54) is 17.2 Å². The first kappa shape index (κ1) is 34.6. The maximum absolute atomic E-state index is 13.5. The molecule has 0 atom stereocenters. The fourth-order valence-corrected chi connectivity index (χ4v) is 6.74. The second-order valence-electron chi connectivity index (χ2n) is 14.1. The number of carbonyl (C=O) groups excluding carboxylic acids is 3. The third-order valence-electron chi connectivity index (χ3n) is 9.37. The van der Waals surface area contributed by atoms with Crippen LogP contribution in [0.4, 0.5) is 4.79 Å². The number of hydrogen-bond acceptors (Lipinski definition) is 8. The van der Waals surface area contributed by atoms with Crippen molar-refractivity contribution in [2.75, 3.05) is 34.3 Å². The Hall–Kier alpha value is -5.23. The molecular formula is C38H44N6O6. The number of aryl methyl sites for hydroxylation is 1. The van der Waals surface area contributed by atoms with E-state index in [4.69, 9.17) is 14.5 Å². The first-order valence-corrected chi connectivity index (χ1v) is 16.8. The van der Waals surface area contributed by atoms with Crippen LogP contribution < -0.4 is 5.69 Å². The van der Waals surface area contributed by atoms with Gasteiger partial charge in [0.25, 0.3) is 5.91 Å². The summed E-state index contributed by atoms with van der Waals surface area (Å²) in [6.45, 7) is 7.50. The highest BCUT2D eigenvalue weighted by Crippen LogP contribution is 2.33. The van der Waals surface area contributed by atoms with Crippen LogP contribution >= 0.6 is 0 Å². The Balaban J connectivity index is 1.26. The predicted molar refractivity (Wildman–Crippen MR) is 191 cm³/mol. The maximum atomic E-state index is 13.5. The van der Waals surface area contributed by atoms with E-state index in [1.807, 2.05) is 37.4 Å². The topological polar surface area (TPSA) is 121 Å². The zero-order valence-corrected chi connectivity index (χ0v) is 29.7. The van der Waals surface area contributed by atoms with Gasteiger partial charge < -0.3 is 18.9 Å². The molecule has 0 N–H and O–H groups in total. The molecule has 4 heterocycles. The molecule has 12 heteroatoms. The highest BCUT2D eigenvalue weighted by atomic mass is 16.6. The lowest BCUT2D eigenvalue weighted by atomic mass is 9.89. The highest BCUT2D eigenvalue weighted by Gasteiger charge is 2.26. The summed E-state index contributed by atoms with van der Waals surface area (Å²) in [6, 6.07) is 17.5. The van der Waals surface area contributed by atoms with Crippen LogP contribution in [0.1, 0.15) is 61.1 Å². The van der Waals surface area contributed by atoms with Crippen molar-refractivity contribution >= 4 is 40.0 Å². The summed E-state index contributed by atoms with van der Waals surface area (Å²) >= 11 is 0. The van der Waals surface area contributed by atoms with E-state index in [1.54, 1.807) is 52.0 Å². The molecule has 3 aromatic heterocycles. The normalized spacial score (nSPS) is 14.3. The molecule has 0 aliphatic carbocycles. The van der Waals surface area contributed by atoms with Gasteiger partial charge in [-0.25, -0.2) is 14.6 Å². The van der Waals surface area contributed by atoms with Gasteiger partial charge in [-0.05, 0) is 106 Å². The third-order valence-corrected chi connectivity index (χ3v) is 9.37. The number of rotatable bonds is 7. The lowest BCUT2D eigenvalue weighted by Gasteiger charge is -2.32. The number of methoxy groups -OCH3 is 1. The number of esters is 1. The van der Waals surface area contributed by atoms with Crippen molar-refractivity contribution in [3.63, 3.8) is 0 Å². The zero-order valence-electron chi connectivity index (χ0n) is 29.7. The minimum atomic E-state index is -0.822. The molecule has 262 valence electrons. The second kappa shape index (κ2) is 13.6. The van der Waals surface area contributed by atoms with E-state index in [0.29, 0.717) is 22.5 Å². The molecule has 5 aromatic rings. The van der Waals surface area contributed by atoms with Crippen molar-refractivity contribution < 1.29 is 23.9 Å². The van der Waals surface area contributed by atoms with Crippen LogP contribution in [0.3, 0.4) is 0 Å². The molecule has 6 rings (SSSR count). The molecule has 0 bridgehead atoms. The van der Waals surface area contributed by atoms with Gasteiger partial charge in [-0.15, -0.1) is 0 Å². The molecule has 0 radical (unpaired) electrons. The van der Waals surface area contributed by atoms with E-state index >= 15 is 0 Å². The molecule has 1 amide bonds. The van der Waals surface area contributed by atoms with Gasteiger partial charge in [-0.3, -0.25) is 19.1 Å². The molecule has 1 saturated heterocycles. The maximum Gasteiger partial charge on any atom is 0.423 e. The van der Waals surface area contributed by atoms with Gasteiger partial charge in [0.15, 0.2) is 0 Å². The summed E-state index contributed by atoms with van der Waals surface area (Å²) in [5, 5.41) is 0.958. The Morgan fingerprint density at radius 1 is 0.960 bits per heavy atom. The first-order chi connectivity index (χ1) is 23.8. The molecule has 1 aliphatic heterocycles. The number of aromatic nitrogens is 4. The Labute approximate surface area is 290 Å². The fraction of sp³-hybridized carbons (Fsp3) is 0.395. The zero-order chi connectivity index (χ0) is 35.9. The third kappa shape index (κ3) is 6.80. The van der Waals surface area contributed by atoms with Crippen LogP contribution in [0.25, 0.3) is 33.2 Å². The van der Waals surface area contributed by atoms with Crippen LogP contribution in [0.15, 0.2) is 65.6 Å². The van der Waals surface area contributed by atoms with Crippen molar-refractivity contribution in [1.29, 1.82) is 0 Å². The van der Waals surface area contributed by atoms with Crippen molar-refractivity contribution in [2.45, 2.75) is 58.2 Å². The van der Waals surface area contributed by atoms with Gasteiger partial charge in [-0.2, -0.15) is 4.57 Å². The smallest absolute Gasteiger partial charge is 0.423 e. The number of hydrogen-bond donors (Lipinski definition) is 0. The Morgan fingerprint density at radius 3 is 2.30 bits per heavy atom. The minimum Gasteiger partial charge on any atom is -0.468 e. The first-order valence-electron chi connectivity index (χ1n) is 16.8. The van der Waals surface area contributed by atoms with E-state index in [0.717, 1.165) is 64.9 Å². The molecule has 0 unspecified atom stereocenters. The fourth-order valence-electron chi connectivity index (χ4n) is 6.74. The van der Waals surface area contributed by atoms with Crippen molar-refractivity contribution in [2.24, 2.45) is 7.05 Å². The van der Waals surface area contributed by atoms with Gasteiger partial charge in [0.05, 0.1) is 18.1 Å². The monoisotopic (exact) mass is 680 g/mol. The Bertz CT molecular complexity index is 2140. The molecule has 2 aromatic carbocycles. The largest absolute Gasteiger partial charge is 0.468 e. The standard InChI is InChI=1S/C38H44N6O6/c1-38(2,3)50-37(48)44-31-13-12-27(20-32(31)43(36(44)47)23-33(45)49-7)29-14-17-39-34-30(29)21-28(41(34)6)22-42-18-15-25(16-19-42)24-8-10-26(11-9-24)35(46)40(4)5/h8-14,17,20-21,25H,15-16,18-19,22-23H2,1-7H3. The second-order valence-corrected chi connectivity index (χ2v) is 14.1. The van der Waals surface area contributed by atoms with Crippen LogP contribution in [-0.2, 0) is 34.4 Å². The number of likely N-dealkylation sites (tertiary alicyclic amines) is 1. The molecule has 1 fully saturated rings. The van der Waals surface area contributed by atoms with Crippen LogP contribution in [0.2, 0.25) is 0 Å². The van der Waals surface area contributed by atoms with Crippen molar-refractivity contribution in [3.05, 3.63) is 88.1 Å². The molecule has 50 heavy (non-hydrogen) atoms. The number of piperidine rings is 1. The number of ether oxygens (including phenoxy) is 2. The molecule has 0 saturated carbocycles. The molecule has 1 aliphatic rings. The summed E-state index contributed by atoms with van der Waals surface area (Å²) in [5.74, 6) is -0.152. The van der Waals surface area contributed by atoms with Crippen LogP contribution in [0.5, 0.6) is 0 Å². The molecule has 0 spiro atoms. The van der Waals surface area contributed by atoms with Crippen molar-refractivity contribution in [1.82, 2.24) is 28.5 Å². The number of pyridine rings is 1. The average Bonchev–Trinajstić information content (AvgIpc) is 3.55. The lowest BCUT2D eigenvalue weighted by Crippen LogP contribution is -2.35. The summed E-state index contributed by atoms with van der Waals surface area (Å²) in [5.41, 5.74) is 4.89. The van der Waals surface area contributed by atoms with E-state index in [-0.39, 0.29) is 12.5 Å². The van der Waals surface area contributed by atoms with Crippen molar-refractivity contribution in [3.8, 4) is 11.1 Å². The summed E-state index contributed by atoms with van der Waals surface area (Å²) < 4.78 is 14.7. The van der Waals surface area contributed by atoms with Crippen LogP contribution in [0, 0.1) is 0 Å². The van der Waals surface area contributed by atoms with Gasteiger partial charge in [0.1, 0.15) is 17.8 Å². The van der Waals surface area contributed by atoms with Crippen LogP contribution in [-0.4, -0.2) is 86.4 Å². The van der Waals surface area contributed by atoms with E-state index in [2.05, 4.69) is 27.7 Å². The quantitative estimate of drug-likeness (QED) is 0.210. The van der Waals surface area contributed by atoms with Gasteiger partial charge in [0.2, 0.25) is 0 Å². The van der Waals surface area contributed by atoms with E-state index < -0.39 is 23.4 Å². The number of imidazole rings is 1. The number of carbonyl (C=O) groups is 3. The summed E-state index contributed by atoms with van der Waals surface area (Å²) in [7, 11) is 6.80. The number of nitrogens with zero attached hydrogens (tertiary/aromatic N) is 6. The SMILES string of the molecule is COC(=O)Cn1c(=O)n(C(=O)OC(C)(C)C)c2ccc(-c3ccnc4c3cc(CN3CCC(c5ccc(C(=O)N(C)C)cc5)CC3)n4C)cc21. The Morgan fingerprint density at radius 2 is 1.66 bits per heavy atom. The average molecular weight is 681 g/mol. The van der Waals surface area contributed by atoms with Gasteiger partial charge in [0, 0.05) is 50.5 Å². The molecule has 12 nitrogen and oxygen atoms in total. The number of benzene rings is 2. The van der Waals surface area contributed by atoms with Gasteiger partial charge in [-0.1, -0.05) is 18.2 Å². The Kier molecular flexibility index (Phi) is 9.41. The summed E-state index contributed by atoms with van der Waals surface area (Å²) in [4.78, 5) is 60.0. The minimum absolute atomic E-state index is 0.00984. The van der Waals surface area contributed by atoms with E-state index in [9.17, 15) is 19.2 Å².